The van der Waals surface area contributed by atoms with Crippen LogP contribution in [0.25, 0.3) is 0 Å². The van der Waals surface area contributed by atoms with Crippen molar-refractivity contribution < 1.29 is 4.79 Å². The van der Waals surface area contributed by atoms with E-state index in [1.165, 1.54) is 0 Å². The zero-order chi connectivity index (χ0) is 16.9. The van der Waals surface area contributed by atoms with E-state index in [1.807, 2.05) is 42.5 Å². The van der Waals surface area contributed by atoms with Gasteiger partial charge in [-0.3, -0.25) is 14.7 Å². The summed E-state index contributed by atoms with van der Waals surface area (Å²) in [5.41, 5.74) is 0.971. The molecule has 1 saturated heterocycles. The molecule has 2 aromatic rings. The molecule has 0 aromatic carbocycles. The number of piperazine rings is 1. The molecule has 0 radical (unpaired) electrons. The van der Waals surface area contributed by atoms with E-state index in [9.17, 15) is 4.79 Å². The molecule has 0 spiro atoms. The Morgan fingerprint density at radius 3 is 2.79 bits per heavy atom. The Morgan fingerprint density at radius 2 is 2.12 bits per heavy atom. The van der Waals surface area contributed by atoms with Crippen molar-refractivity contribution in [3.63, 3.8) is 0 Å². The molecule has 3 rings (SSSR count). The summed E-state index contributed by atoms with van der Waals surface area (Å²) in [6.45, 7) is 5.51. The monoisotopic (exact) mass is 327 g/mol. The van der Waals surface area contributed by atoms with Gasteiger partial charge in [-0.15, -0.1) is 0 Å². The lowest BCUT2D eigenvalue weighted by Gasteiger charge is -2.40. The molecule has 3 heterocycles. The summed E-state index contributed by atoms with van der Waals surface area (Å²) in [6, 6.07) is 6.00. The summed E-state index contributed by atoms with van der Waals surface area (Å²) in [4.78, 5) is 25.8. The van der Waals surface area contributed by atoms with Crippen LogP contribution in [-0.4, -0.2) is 56.4 Å². The standard InChI is InChI=1S/C18H25N5O/c1-3-22-12-13-23(14-16(22)18-20-10-11-21(18)2)17(24)8-7-15-6-4-5-9-19-15/h4-6,9-11,16H,3,7-8,12-14H2,1-2H3/t16-/m0/s1. The first kappa shape index (κ1) is 16.6. The summed E-state index contributed by atoms with van der Waals surface area (Å²) in [6.07, 6.45) is 6.77. The fourth-order valence-corrected chi connectivity index (χ4v) is 3.31. The van der Waals surface area contributed by atoms with Gasteiger partial charge in [0.05, 0.1) is 6.04 Å². The minimum Gasteiger partial charge on any atom is -0.339 e. The first-order valence-electron chi connectivity index (χ1n) is 8.58. The fraction of sp³-hybridized carbons (Fsp3) is 0.500. The van der Waals surface area contributed by atoms with Crippen LogP contribution in [0.3, 0.4) is 0 Å². The van der Waals surface area contributed by atoms with Crippen molar-refractivity contribution in [3.05, 3.63) is 48.3 Å². The van der Waals surface area contributed by atoms with Gasteiger partial charge in [-0.1, -0.05) is 13.0 Å². The molecule has 0 aliphatic carbocycles. The number of imidazole rings is 1. The van der Waals surface area contributed by atoms with Crippen molar-refractivity contribution in [2.75, 3.05) is 26.2 Å². The Hall–Kier alpha value is -2.21. The predicted molar refractivity (Wildman–Crippen MR) is 92.3 cm³/mol. The molecule has 1 aliphatic heterocycles. The van der Waals surface area contributed by atoms with Crippen LogP contribution in [0.15, 0.2) is 36.8 Å². The number of aromatic nitrogens is 3. The van der Waals surface area contributed by atoms with E-state index in [2.05, 4.69) is 26.4 Å². The normalized spacial score (nSPS) is 18.8. The second-order valence-electron chi connectivity index (χ2n) is 6.20. The van der Waals surface area contributed by atoms with E-state index in [0.29, 0.717) is 19.4 Å². The lowest BCUT2D eigenvalue weighted by atomic mass is 10.1. The van der Waals surface area contributed by atoms with Gasteiger partial charge >= 0.3 is 0 Å². The largest absolute Gasteiger partial charge is 0.339 e. The molecule has 0 bridgehead atoms. The number of amides is 1. The van der Waals surface area contributed by atoms with E-state index in [4.69, 9.17) is 0 Å². The maximum Gasteiger partial charge on any atom is 0.223 e. The molecule has 2 aromatic heterocycles. The number of carbonyl (C=O) groups is 1. The zero-order valence-electron chi connectivity index (χ0n) is 14.4. The lowest BCUT2D eigenvalue weighted by Crippen LogP contribution is -2.51. The van der Waals surface area contributed by atoms with Crippen LogP contribution in [-0.2, 0) is 18.3 Å². The van der Waals surface area contributed by atoms with Gasteiger partial charge in [-0.05, 0) is 25.1 Å². The summed E-state index contributed by atoms with van der Waals surface area (Å²) >= 11 is 0. The number of aryl methyl sites for hydroxylation is 2. The quantitative estimate of drug-likeness (QED) is 0.838. The predicted octanol–water partition coefficient (Wildman–Crippen LogP) is 1.65. The molecule has 1 amide bonds. The summed E-state index contributed by atoms with van der Waals surface area (Å²) < 4.78 is 2.05. The number of pyridine rings is 1. The van der Waals surface area contributed by atoms with E-state index < -0.39 is 0 Å². The maximum atomic E-state index is 12.6. The van der Waals surface area contributed by atoms with Gasteiger partial charge in [-0.25, -0.2) is 4.98 Å². The molecule has 24 heavy (non-hydrogen) atoms. The van der Waals surface area contributed by atoms with Gasteiger partial charge in [0.2, 0.25) is 5.91 Å². The van der Waals surface area contributed by atoms with Gasteiger partial charge in [-0.2, -0.15) is 0 Å². The van der Waals surface area contributed by atoms with E-state index in [0.717, 1.165) is 31.2 Å². The van der Waals surface area contributed by atoms with Crippen molar-refractivity contribution in [1.82, 2.24) is 24.3 Å². The second kappa shape index (κ2) is 7.57. The maximum absolute atomic E-state index is 12.6. The highest BCUT2D eigenvalue weighted by Gasteiger charge is 2.31. The van der Waals surface area contributed by atoms with Crippen molar-refractivity contribution in [1.29, 1.82) is 0 Å². The third-order valence-electron chi connectivity index (χ3n) is 4.73. The van der Waals surface area contributed by atoms with Crippen LogP contribution in [0, 0.1) is 0 Å². The minimum atomic E-state index is 0.169. The molecule has 6 heteroatoms. The van der Waals surface area contributed by atoms with E-state index in [1.54, 1.807) is 6.20 Å². The van der Waals surface area contributed by atoms with Gasteiger partial charge in [0, 0.05) is 57.4 Å². The average molecular weight is 327 g/mol. The minimum absolute atomic E-state index is 0.169. The Morgan fingerprint density at radius 1 is 1.25 bits per heavy atom. The lowest BCUT2D eigenvalue weighted by molar-refractivity contribution is -0.134. The topological polar surface area (TPSA) is 54.3 Å². The van der Waals surface area contributed by atoms with Crippen molar-refractivity contribution in [3.8, 4) is 0 Å². The fourth-order valence-electron chi connectivity index (χ4n) is 3.31. The van der Waals surface area contributed by atoms with Crippen LogP contribution in [0.4, 0.5) is 0 Å². The molecule has 1 atom stereocenters. The molecule has 128 valence electrons. The van der Waals surface area contributed by atoms with Gasteiger partial charge < -0.3 is 9.47 Å². The molecule has 1 aliphatic rings. The number of hydrogen-bond acceptors (Lipinski definition) is 4. The zero-order valence-corrected chi connectivity index (χ0v) is 14.4. The Balaban J connectivity index is 1.64. The smallest absolute Gasteiger partial charge is 0.223 e. The summed E-state index contributed by atoms with van der Waals surface area (Å²) in [5, 5.41) is 0. The first-order chi connectivity index (χ1) is 11.7. The Labute approximate surface area is 143 Å². The van der Waals surface area contributed by atoms with Crippen LogP contribution in [0.5, 0.6) is 0 Å². The highest BCUT2D eigenvalue weighted by molar-refractivity contribution is 5.76. The average Bonchev–Trinajstić information content (AvgIpc) is 3.05. The molecule has 6 nitrogen and oxygen atoms in total. The summed E-state index contributed by atoms with van der Waals surface area (Å²) in [7, 11) is 2.01. The molecular weight excluding hydrogens is 302 g/mol. The molecule has 1 fully saturated rings. The highest BCUT2D eigenvalue weighted by atomic mass is 16.2. The van der Waals surface area contributed by atoms with Crippen molar-refractivity contribution >= 4 is 5.91 Å². The third kappa shape index (κ3) is 3.64. The van der Waals surface area contributed by atoms with Crippen LogP contribution in [0.1, 0.15) is 30.9 Å². The molecular formula is C18H25N5O. The molecule has 0 N–H and O–H groups in total. The third-order valence-corrected chi connectivity index (χ3v) is 4.73. The number of hydrogen-bond donors (Lipinski definition) is 0. The first-order valence-corrected chi connectivity index (χ1v) is 8.58. The Bertz CT molecular complexity index is 669. The number of carbonyl (C=O) groups excluding carboxylic acids is 1. The van der Waals surface area contributed by atoms with E-state index >= 15 is 0 Å². The molecule has 0 saturated carbocycles. The number of rotatable bonds is 5. The van der Waals surface area contributed by atoms with Crippen molar-refractivity contribution in [2.45, 2.75) is 25.8 Å². The van der Waals surface area contributed by atoms with Crippen LogP contribution < -0.4 is 0 Å². The van der Waals surface area contributed by atoms with Crippen LogP contribution >= 0.6 is 0 Å². The summed E-state index contributed by atoms with van der Waals surface area (Å²) in [5.74, 6) is 1.23. The van der Waals surface area contributed by atoms with Crippen molar-refractivity contribution in [2.24, 2.45) is 7.05 Å². The Kier molecular flexibility index (Phi) is 5.25. The molecule has 0 unspecified atom stereocenters. The van der Waals surface area contributed by atoms with E-state index in [-0.39, 0.29) is 11.9 Å². The SMILES string of the molecule is CCN1CCN(C(=O)CCc2ccccn2)C[C@H]1c1nccn1C. The second-order valence-corrected chi connectivity index (χ2v) is 6.20. The number of likely N-dealkylation sites (N-methyl/N-ethyl adjacent to an activating group) is 1. The number of nitrogens with zero attached hydrogens (tertiary/aromatic N) is 5. The van der Waals surface area contributed by atoms with Gasteiger partial charge in [0.1, 0.15) is 5.82 Å². The highest BCUT2D eigenvalue weighted by Crippen LogP contribution is 2.24. The van der Waals surface area contributed by atoms with Gasteiger partial charge in [0.25, 0.3) is 0 Å². The van der Waals surface area contributed by atoms with Crippen LogP contribution in [0.2, 0.25) is 0 Å². The van der Waals surface area contributed by atoms with Gasteiger partial charge in [0.15, 0.2) is 0 Å².